The molecule has 2 atom stereocenters. The van der Waals surface area contributed by atoms with Crippen LogP contribution >= 0.6 is 0 Å². The molecule has 0 aromatic heterocycles. The smallest absolute Gasteiger partial charge is 0.0119 e. The van der Waals surface area contributed by atoms with E-state index in [1.165, 1.54) is 51.7 Å². The molecule has 1 aliphatic heterocycles. The lowest BCUT2D eigenvalue weighted by Gasteiger charge is -2.41. The third kappa shape index (κ3) is 2.98. The highest BCUT2D eigenvalue weighted by Gasteiger charge is 2.29. The van der Waals surface area contributed by atoms with Crippen molar-refractivity contribution in [2.75, 3.05) is 26.2 Å². The van der Waals surface area contributed by atoms with Crippen LogP contribution in [0.3, 0.4) is 0 Å². The summed E-state index contributed by atoms with van der Waals surface area (Å²) in [6.07, 6.45) is 7.15. The van der Waals surface area contributed by atoms with E-state index in [9.17, 15) is 0 Å². The van der Waals surface area contributed by atoms with Gasteiger partial charge in [-0.25, -0.2) is 0 Å². The van der Waals surface area contributed by atoms with E-state index in [-0.39, 0.29) is 0 Å². The molecule has 1 N–H and O–H groups in total. The maximum absolute atomic E-state index is 3.66. The second-order valence-corrected chi connectivity index (χ2v) is 5.68. The van der Waals surface area contributed by atoms with E-state index in [1.807, 2.05) is 0 Å². The van der Waals surface area contributed by atoms with E-state index in [0.29, 0.717) is 0 Å². The van der Waals surface area contributed by atoms with Crippen molar-refractivity contribution < 1.29 is 0 Å². The van der Waals surface area contributed by atoms with Crippen LogP contribution in [-0.2, 0) is 0 Å². The number of nitrogens with one attached hydrogen (secondary N) is 1. The fourth-order valence-corrected chi connectivity index (χ4v) is 3.26. The molecule has 0 amide bonds. The fraction of sp³-hybridized carbons (Fsp3) is 1.00. The van der Waals surface area contributed by atoms with Crippen LogP contribution in [0.15, 0.2) is 0 Å². The zero-order chi connectivity index (χ0) is 11.4. The van der Waals surface area contributed by atoms with Gasteiger partial charge in [0.05, 0.1) is 0 Å². The summed E-state index contributed by atoms with van der Waals surface area (Å²) in [5, 5.41) is 3.66. The van der Waals surface area contributed by atoms with E-state index >= 15 is 0 Å². The molecule has 2 fully saturated rings. The second kappa shape index (κ2) is 6.02. The Balaban J connectivity index is 1.77. The van der Waals surface area contributed by atoms with Crippen molar-refractivity contribution in [2.24, 2.45) is 11.8 Å². The molecular weight excluding hydrogens is 196 g/mol. The van der Waals surface area contributed by atoms with E-state index in [1.54, 1.807) is 0 Å². The summed E-state index contributed by atoms with van der Waals surface area (Å²) in [7, 11) is 0. The first kappa shape index (κ1) is 12.4. The van der Waals surface area contributed by atoms with Gasteiger partial charge in [-0.1, -0.05) is 26.7 Å². The number of rotatable bonds is 5. The number of piperidine rings is 1. The van der Waals surface area contributed by atoms with Crippen molar-refractivity contribution in [3.63, 3.8) is 0 Å². The summed E-state index contributed by atoms with van der Waals surface area (Å²) in [6.45, 7) is 9.75. The van der Waals surface area contributed by atoms with E-state index in [0.717, 1.165) is 24.4 Å². The zero-order valence-corrected chi connectivity index (χ0v) is 11.0. The maximum atomic E-state index is 3.66. The van der Waals surface area contributed by atoms with E-state index in [2.05, 4.69) is 24.1 Å². The molecule has 94 valence electrons. The topological polar surface area (TPSA) is 15.3 Å². The molecule has 1 aliphatic carbocycles. The van der Waals surface area contributed by atoms with Gasteiger partial charge in [-0.2, -0.15) is 0 Å². The average Bonchev–Trinajstić information content (AvgIpc) is 2.25. The van der Waals surface area contributed by atoms with Crippen LogP contribution in [-0.4, -0.2) is 37.1 Å². The van der Waals surface area contributed by atoms with Crippen molar-refractivity contribution in [2.45, 2.75) is 52.0 Å². The van der Waals surface area contributed by atoms with Crippen LogP contribution in [0.2, 0.25) is 0 Å². The summed E-state index contributed by atoms with van der Waals surface area (Å²) >= 11 is 0. The SMILES string of the molecule is CCNC1CCN(CC2CCC2)CC1CC. The Labute approximate surface area is 101 Å². The van der Waals surface area contributed by atoms with Crippen molar-refractivity contribution >= 4 is 0 Å². The van der Waals surface area contributed by atoms with Gasteiger partial charge in [0.1, 0.15) is 0 Å². The van der Waals surface area contributed by atoms with Gasteiger partial charge >= 0.3 is 0 Å². The van der Waals surface area contributed by atoms with Gasteiger partial charge in [-0.05, 0) is 44.2 Å². The Morgan fingerprint density at radius 2 is 2.00 bits per heavy atom. The van der Waals surface area contributed by atoms with Crippen LogP contribution in [0, 0.1) is 11.8 Å². The van der Waals surface area contributed by atoms with E-state index < -0.39 is 0 Å². The molecule has 1 saturated carbocycles. The minimum absolute atomic E-state index is 0.785. The Morgan fingerprint density at radius 1 is 1.19 bits per heavy atom. The number of hydrogen-bond acceptors (Lipinski definition) is 2. The Kier molecular flexibility index (Phi) is 4.66. The highest BCUT2D eigenvalue weighted by Crippen LogP contribution is 2.29. The largest absolute Gasteiger partial charge is 0.314 e. The highest BCUT2D eigenvalue weighted by atomic mass is 15.2. The van der Waals surface area contributed by atoms with Crippen LogP contribution in [0.25, 0.3) is 0 Å². The van der Waals surface area contributed by atoms with Crippen LogP contribution in [0.1, 0.15) is 46.0 Å². The van der Waals surface area contributed by atoms with Gasteiger partial charge in [-0.3, -0.25) is 0 Å². The van der Waals surface area contributed by atoms with Crippen molar-refractivity contribution in [3.05, 3.63) is 0 Å². The van der Waals surface area contributed by atoms with Crippen LogP contribution in [0.4, 0.5) is 0 Å². The predicted octanol–water partition coefficient (Wildman–Crippen LogP) is 2.50. The van der Waals surface area contributed by atoms with Gasteiger partial charge < -0.3 is 10.2 Å². The summed E-state index contributed by atoms with van der Waals surface area (Å²) < 4.78 is 0. The van der Waals surface area contributed by atoms with Gasteiger partial charge in [0.15, 0.2) is 0 Å². The summed E-state index contributed by atoms with van der Waals surface area (Å²) in [5.41, 5.74) is 0. The van der Waals surface area contributed by atoms with Gasteiger partial charge in [-0.15, -0.1) is 0 Å². The van der Waals surface area contributed by atoms with Gasteiger partial charge in [0.2, 0.25) is 0 Å². The van der Waals surface area contributed by atoms with Crippen molar-refractivity contribution in [3.8, 4) is 0 Å². The Hall–Kier alpha value is -0.0800. The molecule has 2 rings (SSSR count). The quantitative estimate of drug-likeness (QED) is 0.772. The molecule has 16 heavy (non-hydrogen) atoms. The first-order chi connectivity index (χ1) is 7.83. The molecule has 1 saturated heterocycles. The second-order valence-electron chi connectivity index (χ2n) is 5.68. The maximum Gasteiger partial charge on any atom is 0.0119 e. The third-order valence-electron chi connectivity index (χ3n) is 4.55. The first-order valence-electron chi connectivity index (χ1n) is 7.29. The number of likely N-dealkylation sites (tertiary alicyclic amines) is 1. The molecule has 2 heteroatoms. The molecule has 0 aromatic rings. The van der Waals surface area contributed by atoms with Crippen LogP contribution < -0.4 is 5.32 Å². The molecule has 0 radical (unpaired) electrons. The highest BCUT2D eigenvalue weighted by molar-refractivity contribution is 4.86. The van der Waals surface area contributed by atoms with Crippen molar-refractivity contribution in [1.29, 1.82) is 0 Å². The summed E-state index contributed by atoms with van der Waals surface area (Å²) in [4.78, 5) is 2.73. The molecule has 1 heterocycles. The molecule has 2 unspecified atom stereocenters. The van der Waals surface area contributed by atoms with Gasteiger partial charge in [0, 0.05) is 19.1 Å². The monoisotopic (exact) mass is 224 g/mol. The first-order valence-corrected chi connectivity index (χ1v) is 7.29. The molecule has 2 nitrogen and oxygen atoms in total. The van der Waals surface area contributed by atoms with Crippen molar-refractivity contribution in [1.82, 2.24) is 10.2 Å². The fourth-order valence-electron chi connectivity index (χ4n) is 3.26. The molecule has 2 aliphatic rings. The zero-order valence-electron chi connectivity index (χ0n) is 11.0. The third-order valence-corrected chi connectivity index (χ3v) is 4.55. The lowest BCUT2D eigenvalue weighted by molar-refractivity contribution is 0.0998. The standard InChI is InChI=1S/C14H28N2/c1-3-13-11-16(10-12-6-5-7-12)9-8-14(13)15-4-2/h12-15H,3-11H2,1-2H3. The van der Waals surface area contributed by atoms with Crippen LogP contribution in [0.5, 0.6) is 0 Å². The lowest BCUT2D eigenvalue weighted by atomic mass is 9.83. The summed E-state index contributed by atoms with van der Waals surface area (Å²) in [5.74, 6) is 1.92. The molecule has 0 aromatic carbocycles. The van der Waals surface area contributed by atoms with E-state index in [4.69, 9.17) is 0 Å². The summed E-state index contributed by atoms with van der Waals surface area (Å²) in [6, 6.07) is 0.785. The number of nitrogens with zero attached hydrogens (tertiary/aromatic N) is 1. The average molecular weight is 224 g/mol. The lowest BCUT2D eigenvalue weighted by Crippen LogP contribution is -2.50. The predicted molar refractivity (Wildman–Crippen MR) is 69.6 cm³/mol. The Morgan fingerprint density at radius 3 is 2.56 bits per heavy atom. The molecule has 0 spiro atoms. The normalized spacial score (nSPS) is 32.6. The molecule has 0 bridgehead atoms. The minimum Gasteiger partial charge on any atom is -0.314 e. The minimum atomic E-state index is 0.785. The Bertz CT molecular complexity index is 201. The van der Waals surface area contributed by atoms with Gasteiger partial charge in [0.25, 0.3) is 0 Å². The molecular formula is C14H28N2. The number of hydrogen-bond donors (Lipinski definition) is 1.